The number of halogens is 2. The summed E-state index contributed by atoms with van der Waals surface area (Å²) in [6, 6.07) is 8.48. The van der Waals surface area contributed by atoms with Crippen LogP contribution in [0.1, 0.15) is 58.3 Å². The number of nitrogens with one attached hydrogen (secondary N) is 1. The Morgan fingerprint density at radius 3 is 2.21 bits per heavy atom. The molecule has 2 saturated carbocycles. The second-order valence-corrected chi connectivity index (χ2v) is 15.5. The molecule has 2 aromatic rings. The van der Waals surface area contributed by atoms with E-state index in [2.05, 4.69) is 4.72 Å². The molecule has 12 heteroatoms. The molecule has 0 unspecified atom stereocenters. The highest BCUT2D eigenvalue weighted by atomic mass is 32.2. The van der Waals surface area contributed by atoms with Crippen LogP contribution in [0.25, 0.3) is 10.9 Å². The number of pyridine rings is 1. The molecule has 2 aliphatic carbocycles. The number of piperidine rings is 2. The average molecular weight is 583 g/mol. The predicted octanol–water partition coefficient (Wildman–Crippen LogP) is 4.12. The van der Waals surface area contributed by atoms with E-state index in [-0.39, 0.29) is 23.7 Å². The second-order valence-electron chi connectivity index (χ2n) is 11.7. The first-order valence-electron chi connectivity index (χ1n) is 14.0. The van der Waals surface area contributed by atoms with Gasteiger partial charge in [-0.2, -0.15) is 0 Å². The van der Waals surface area contributed by atoms with E-state index in [4.69, 9.17) is 4.98 Å². The Balaban J connectivity index is 1.24. The summed E-state index contributed by atoms with van der Waals surface area (Å²) in [5, 5.41) is 0.678. The summed E-state index contributed by atoms with van der Waals surface area (Å²) >= 11 is 0. The fraction of sp³-hybridized carbons (Fsp3) is 0.667. The second kappa shape index (κ2) is 9.32. The van der Waals surface area contributed by atoms with E-state index < -0.39 is 42.8 Å². The third-order valence-corrected chi connectivity index (χ3v) is 13.4. The van der Waals surface area contributed by atoms with Gasteiger partial charge in [-0.15, -0.1) is 0 Å². The van der Waals surface area contributed by atoms with Crippen LogP contribution >= 0.6 is 0 Å². The van der Waals surface area contributed by atoms with Crippen molar-refractivity contribution in [3.8, 4) is 0 Å². The van der Waals surface area contributed by atoms with Crippen LogP contribution in [0, 0.1) is 10.8 Å². The third-order valence-electron chi connectivity index (χ3n) is 9.77. The number of alkyl halides is 2. The Morgan fingerprint density at radius 2 is 1.62 bits per heavy atom. The van der Waals surface area contributed by atoms with Crippen molar-refractivity contribution in [1.29, 1.82) is 0 Å². The van der Waals surface area contributed by atoms with Crippen molar-refractivity contribution in [3.05, 3.63) is 30.3 Å². The van der Waals surface area contributed by atoms with E-state index >= 15 is 8.78 Å². The van der Waals surface area contributed by atoms with Crippen LogP contribution in [0.5, 0.6) is 0 Å². The number of benzene rings is 1. The zero-order valence-electron chi connectivity index (χ0n) is 22.2. The van der Waals surface area contributed by atoms with Gasteiger partial charge in [0, 0.05) is 48.4 Å². The van der Waals surface area contributed by atoms with Crippen molar-refractivity contribution in [2.45, 2.75) is 75.2 Å². The molecule has 2 spiro atoms. The number of para-hydroxylation sites is 1. The van der Waals surface area contributed by atoms with E-state index in [1.54, 1.807) is 12.1 Å². The molecule has 4 aliphatic rings. The van der Waals surface area contributed by atoms with Gasteiger partial charge >= 0.3 is 0 Å². The Morgan fingerprint density at radius 1 is 0.974 bits per heavy atom. The van der Waals surface area contributed by atoms with Gasteiger partial charge in [0.1, 0.15) is 10.7 Å². The maximum atomic E-state index is 15.0. The van der Waals surface area contributed by atoms with E-state index in [1.165, 1.54) is 4.31 Å². The Labute approximate surface area is 229 Å². The lowest BCUT2D eigenvalue weighted by molar-refractivity contribution is 0.0203. The summed E-state index contributed by atoms with van der Waals surface area (Å²) in [7, 11) is -7.35. The van der Waals surface area contributed by atoms with Crippen molar-refractivity contribution >= 4 is 36.8 Å². The van der Waals surface area contributed by atoms with E-state index in [0.29, 0.717) is 74.8 Å². The minimum Gasteiger partial charge on any atom is -0.355 e. The Hall–Kier alpha value is -1.89. The van der Waals surface area contributed by atoms with Gasteiger partial charge in [-0.1, -0.05) is 31.5 Å². The summed E-state index contributed by atoms with van der Waals surface area (Å²) in [4.78, 5) is 6.62. The molecule has 0 bridgehead atoms. The van der Waals surface area contributed by atoms with Crippen molar-refractivity contribution in [2.24, 2.45) is 10.8 Å². The summed E-state index contributed by atoms with van der Waals surface area (Å²) in [5.74, 6) is -2.26. The molecule has 39 heavy (non-hydrogen) atoms. The van der Waals surface area contributed by atoms with E-state index in [9.17, 15) is 16.8 Å². The van der Waals surface area contributed by atoms with Gasteiger partial charge in [-0.3, -0.25) is 0 Å². The summed E-state index contributed by atoms with van der Waals surface area (Å²) < 4.78 is 86.6. The SMILES string of the molecule is CCCS(=O)(=O)N1CCC(NS(=O)(=O)c2cc3ccccc3nc2N2CCC3(CC2)C(F)(F)C32CCC2)CC1. The van der Waals surface area contributed by atoms with E-state index in [0.717, 1.165) is 6.42 Å². The maximum absolute atomic E-state index is 15.0. The molecule has 0 amide bonds. The normalized spacial score (nSPS) is 24.7. The van der Waals surface area contributed by atoms with Crippen LogP contribution in [0.4, 0.5) is 14.6 Å². The molecule has 0 atom stereocenters. The molecule has 4 fully saturated rings. The van der Waals surface area contributed by atoms with Crippen LogP contribution in [0.2, 0.25) is 0 Å². The van der Waals surface area contributed by atoms with Gasteiger partial charge in [0.25, 0.3) is 5.92 Å². The molecule has 1 N–H and O–H groups in total. The number of anilines is 1. The molecular weight excluding hydrogens is 546 g/mol. The smallest absolute Gasteiger partial charge is 0.260 e. The van der Waals surface area contributed by atoms with Crippen LogP contribution in [0.15, 0.2) is 35.2 Å². The monoisotopic (exact) mass is 582 g/mol. The number of aromatic nitrogens is 1. The van der Waals surface area contributed by atoms with Crippen LogP contribution in [-0.4, -0.2) is 70.0 Å². The number of nitrogens with zero attached hydrogens (tertiary/aromatic N) is 3. The van der Waals surface area contributed by atoms with Gasteiger partial charge in [-0.25, -0.2) is 39.6 Å². The zero-order valence-corrected chi connectivity index (χ0v) is 23.8. The van der Waals surface area contributed by atoms with Gasteiger partial charge in [0.05, 0.1) is 11.3 Å². The van der Waals surface area contributed by atoms with Gasteiger partial charge in [0.2, 0.25) is 20.0 Å². The van der Waals surface area contributed by atoms with Crippen LogP contribution in [-0.2, 0) is 20.0 Å². The summed E-state index contributed by atoms with van der Waals surface area (Å²) in [5.41, 5.74) is -1.17. The topological polar surface area (TPSA) is 99.7 Å². The molecule has 1 aromatic carbocycles. The fourth-order valence-electron chi connectivity index (χ4n) is 7.39. The third kappa shape index (κ3) is 4.11. The summed E-state index contributed by atoms with van der Waals surface area (Å²) in [6.45, 7) is 3.01. The van der Waals surface area contributed by atoms with Gasteiger partial charge in [0.15, 0.2) is 0 Å². The molecule has 1 aromatic heterocycles. The van der Waals surface area contributed by atoms with Crippen molar-refractivity contribution < 1.29 is 25.6 Å². The molecular formula is C27H36F2N4O4S2. The maximum Gasteiger partial charge on any atom is 0.260 e. The first-order valence-corrected chi connectivity index (χ1v) is 17.1. The summed E-state index contributed by atoms with van der Waals surface area (Å²) in [6.07, 6.45) is 3.95. The molecule has 214 valence electrons. The quantitative estimate of drug-likeness (QED) is 0.527. The average Bonchev–Trinajstić information content (AvgIpc) is 3.31. The minimum atomic E-state index is -4.02. The highest BCUT2D eigenvalue weighted by Crippen LogP contribution is 2.85. The van der Waals surface area contributed by atoms with Crippen molar-refractivity contribution in [3.63, 3.8) is 0 Å². The first-order chi connectivity index (χ1) is 18.5. The lowest BCUT2D eigenvalue weighted by Crippen LogP contribution is -2.47. The number of rotatable bonds is 7. The number of hydrogen-bond acceptors (Lipinski definition) is 6. The van der Waals surface area contributed by atoms with Crippen LogP contribution in [0.3, 0.4) is 0 Å². The molecule has 0 radical (unpaired) electrons. The fourth-order valence-corrected chi connectivity index (χ4v) is 10.4. The number of hydrogen-bond donors (Lipinski definition) is 1. The lowest BCUT2D eigenvalue weighted by Gasteiger charge is -2.38. The van der Waals surface area contributed by atoms with Gasteiger partial charge in [-0.05, 0) is 57.1 Å². The standard InChI is InChI=1S/C27H36F2N4O4S2/c1-2-18-38(34,35)33-14-8-21(9-15-33)31-39(36,37)23-19-20-6-3-4-7-22(20)30-24(23)32-16-12-26(13-17-32)25(10-5-11-25)27(26,28)29/h3-4,6-7,19,21,31H,2,5,8-18H2,1H3. The Bertz CT molecular complexity index is 1480. The van der Waals surface area contributed by atoms with Crippen molar-refractivity contribution in [1.82, 2.24) is 14.0 Å². The molecule has 2 aliphatic heterocycles. The zero-order chi connectivity index (χ0) is 27.7. The minimum absolute atomic E-state index is 0.0408. The largest absolute Gasteiger partial charge is 0.355 e. The molecule has 8 nitrogen and oxygen atoms in total. The molecule has 6 rings (SSSR count). The van der Waals surface area contributed by atoms with Gasteiger partial charge < -0.3 is 4.90 Å². The lowest BCUT2D eigenvalue weighted by atomic mass is 9.72. The molecule has 2 saturated heterocycles. The first kappa shape index (κ1) is 27.3. The van der Waals surface area contributed by atoms with Crippen LogP contribution < -0.4 is 9.62 Å². The highest BCUT2D eigenvalue weighted by molar-refractivity contribution is 7.89. The van der Waals surface area contributed by atoms with Crippen molar-refractivity contribution in [2.75, 3.05) is 36.8 Å². The highest BCUT2D eigenvalue weighted by Gasteiger charge is 2.91. The number of sulfonamides is 2. The number of fused-ring (bicyclic) bond motifs is 2. The Kier molecular flexibility index (Phi) is 6.52. The van der Waals surface area contributed by atoms with E-state index in [1.807, 2.05) is 30.0 Å². The molecule has 3 heterocycles. The predicted molar refractivity (Wildman–Crippen MR) is 146 cm³/mol.